The van der Waals surface area contributed by atoms with E-state index in [1.54, 1.807) is 54.4 Å². The minimum atomic E-state index is -1.78. The first-order chi connectivity index (χ1) is 47.1. The Hall–Kier alpha value is -8.01. The average Bonchev–Trinajstić information content (AvgIpc) is 0.798. The van der Waals surface area contributed by atoms with Gasteiger partial charge < -0.3 is 60.3 Å². The molecule has 100 heavy (non-hydrogen) atoms. The number of amides is 11. The molecule has 3 aromatic rings. The number of hydrogen-bond donors (Lipinski definition) is 4. The van der Waals surface area contributed by atoms with Gasteiger partial charge >= 0.3 is 0 Å². The number of piperidine rings is 1. The Morgan fingerprint density at radius 3 is 1.86 bits per heavy atom. The SMILES string of the molecule is CC[C@H](C)[C@@H]1NC(=O)[C@H](CC(C)C)N(C)C(=O)C[C@@H](C(=O)N2CCCCC2)N(C)C(=O)[C@H](CC(C)C)NC(=O)C(C)(C)N(C)C(=O)[C@H](COc2ccccc2)NC(=O)[C@H](Cc2cccc(I)c2)NC(=O)CN(C)C(=O)[C@H](Cc2ccc(C)cc2)N(C)C(=O)[C@@H]2CCN2C(=O)CN(C)CC1=O. The molecule has 0 spiro atoms. The number of halogens is 1. The molecule has 3 aliphatic rings. The summed E-state index contributed by atoms with van der Waals surface area (Å²) in [5, 5.41) is 11.5. The molecule has 3 aliphatic heterocycles. The van der Waals surface area contributed by atoms with E-state index in [-0.39, 0.29) is 63.6 Å². The molecule has 25 nitrogen and oxygen atoms in total. The first kappa shape index (κ1) is 81.0. The van der Waals surface area contributed by atoms with E-state index in [2.05, 4.69) is 43.9 Å². The van der Waals surface area contributed by atoms with Crippen molar-refractivity contribution in [1.29, 1.82) is 0 Å². The van der Waals surface area contributed by atoms with Gasteiger partial charge in [0.2, 0.25) is 65.0 Å². The van der Waals surface area contributed by atoms with E-state index >= 15 is 19.2 Å². The van der Waals surface area contributed by atoms with Crippen molar-refractivity contribution in [3.8, 4) is 5.75 Å². The van der Waals surface area contributed by atoms with Crippen molar-refractivity contribution in [3.05, 3.63) is 99.1 Å². The first-order valence-electron chi connectivity index (χ1n) is 34.9. The second-order valence-corrected chi connectivity index (χ2v) is 30.0. The van der Waals surface area contributed by atoms with Crippen LogP contribution in [-0.4, -0.2) is 252 Å². The Bertz CT molecular complexity index is 3380. The molecule has 0 aromatic heterocycles. The maximum atomic E-state index is 15.2. The Morgan fingerprint density at radius 1 is 0.610 bits per heavy atom. The smallest absolute Gasteiger partial charge is 0.249 e. The number of carbonyl (C=O) groups is 12. The molecule has 0 unspecified atom stereocenters. The zero-order chi connectivity index (χ0) is 74.0. The van der Waals surface area contributed by atoms with E-state index in [9.17, 15) is 38.4 Å². The number of benzene rings is 3. The van der Waals surface area contributed by atoms with Crippen LogP contribution in [0.5, 0.6) is 5.75 Å². The van der Waals surface area contributed by atoms with Crippen LogP contribution in [0.25, 0.3) is 0 Å². The van der Waals surface area contributed by atoms with Gasteiger partial charge in [0.05, 0.1) is 32.1 Å². The van der Waals surface area contributed by atoms with Gasteiger partial charge in [-0.2, -0.15) is 0 Å². The van der Waals surface area contributed by atoms with Crippen LogP contribution in [0.3, 0.4) is 0 Å². The molecular formula is C74H107IN12O13. The highest BCUT2D eigenvalue weighted by atomic mass is 127. The Kier molecular flexibility index (Phi) is 30.0. The summed E-state index contributed by atoms with van der Waals surface area (Å²) in [4.78, 5) is 189. The lowest BCUT2D eigenvalue weighted by Gasteiger charge is -2.43. The molecule has 3 saturated heterocycles. The molecule has 0 bridgehead atoms. The number of carbonyl (C=O) groups excluding carboxylic acids is 12. The molecule has 3 fully saturated rings. The van der Waals surface area contributed by atoms with Crippen molar-refractivity contribution in [1.82, 2.24) is 60.5 Å². The fourth-order valence-corrected chi connectivity index (χ4v) is 13.3. The number of ether oxygens (including phenoxy) is 1. The highest BCUT2D eigenvalue weighted by Gasteiger charge is 2.46. The third-order valence-corrected chi connectivity index (χ3v) is 20.2. The molecule has 0 saturated carbocycles. The summed E-state index contributed by atoms with van der Waals surface area (Å²) in [5.74, 6) is -8.09. The highest BCUT2D eigenvalue weighted by Crippen LogP contribution is 2.26. The largest absolute Gasteiger partial charge is 0.491 e. The summed E-state index contributed by atoms with van der Waals surface area (Å²) in [6.45, 7) is 15.3. The monoisotopic (exact) mass is 1500 g/mol. The van der Waals surface area contributed by atoms with Crippen molar-refractivity contribution in [2.24, 2.45) is 17.8 Å². The summed E-state index contributed by atoms with van der Waals surface area (Å²) in [6.07, 6.45) is 2.60. The number of nitrogens with zero attached hydrogens (tertiary/aromatic N) is 8. The molecule has 6 rings (SSSR count). The topological polar surface area (TPSA) is 288 Å². The molecule has 9 atom stereocenters. The van der Waals surface area contributed by atoms with Crippen LogP contribution in [-0.2, 0) is 70.4 Å². The highest BCUT2D eigenvalue weighted by molar-refractivity contribution is 14.1. The van der Waals surface area contributed by atoms with Crippen LogP contribution in [0, 0.1) is 28.2 Å². The minimum absolute atomic E-state index is 0.0247. The Morgan fingerprint density at radius 2 is 1.26 bits per heavy atom. The summed E-state index contributed by atoms with van der Waals surface area (Å²) in [7, 11) is 8.68. The van der Waals surface area contributed by atoms with Gasteiger partial charge in [-0.1, -0.05) is 108 Å². The van der Waals surface area contributed by atoms with Gasteiger partial charge in [0.1, 0.15) is 60.2 Å². The zero-order valence-electron chi connectivity index (χ0n) is 61.1. The molecule has 3 heterocycles. The van der Waals surface area contributed by atoms with E-state index in [1.165, 1.54) is 73.6 Å². The molecule has 0 radical (unpaired) electrons. The summed E-state index contributed by atoms with van der Waals surface area (Å²) >= 11 is 2.13. The summed E-state index contributed by atoms with van der Waals surface area (Å²) in [5.41, 5.74) is 0.519. The molecule has 3 aromatic carbocycles. The van der Waals surface area contributed by atoms with Crippen LogP contribution in [0.15, 0.2) is 78.9 Å². The summed E-state index contributed by atoms with van der Waals surface area (Å²) in [6, 6.07) is 13.2. The van der Waals surface area contributed by atoms with Crippen LogP contribution >= 0.6 is 22.6 Å². The van der Waals surface area contributed by atoms with Gasteiger partial charge in [-0.15, -0.1) is 0 Å². The molecule has 4 N–H and O–H groups in total. The van der Waals surface area contributed by atoms with Gasteiger partial charge in [-0.05, 0) is 142 Å². The van der Waals surface area contributed by atoms with Crippen molar-refractivity contribution in [2.45, 2.75) is 180 Å². The van der Waals surface area contributed by atoms with Crippen molar-refractivity contribution in [2.75, 3.05) is 88.2 Å². The van der Waals surface area contributed by atoms with E-state index in [0.29, 0.717) is 49.2 Å². The van der Waals surface area contributed by atoms with E-state index in [0.717, 1.165) is 25.4 Å². The molecule has 11 amide bonds. The number of likely N-dealkylation sites (tertiary alicyclic amines) is 1. The second-order valence-electron chi connectivity index (χ2n) is 28.7. The van der Waals surface area contributed by atoms with Gasteiger partial charge in [-0.25, -0.2) is 0 Å². The van der Waals surface area contributed by atoms with Crippen LogP contribution < -0.4 is 26.0 Å². The maximum absolute atomic E-state index is 15.2. The molecule has 0 aliphatic carbocycles. The Balaban J connectivity index is 1.43. The van der Waals surface area contributed by atoms with Crippen molar-refractivity contribution >= 4 is 93.4 Å². The van der Waals surface area contributed by atoms with Gasteiger partial charge in [0.15, 0.2) is 5.78 Å². The predicted molar refractivity (Wildman–Crippen MR) is 388 cm³/mol. The number of hydrogen-bond acceptors (Lipinski definition) is 14. The van der Waals surface area contributed by atoms with Crippen LogP contribution in [0.2, 0.25) is 0 Å². The number of ketones is 1. The molecular weight excluding hydrogens is 1390 g/mol. The lowest BCUT2D eigenvalue weighted by Crippen LogP contribution is -2.64. The third-order valence-electron chi connectivity index (χ3n) is 19.5. The molecule has 548 valence electrons. The van der Waals surface area contributed by atoms with Crippen LogP contribution in [0.4, 0.5) is 0 Å². The normalized spacial score (nSPS) is 24.6. The third kappa shape index (κ3) is 22.0. The van der Waals surface area contributed by atoms with Gasteiger partial charge in [0, 0.05) is 71.3 Å². The number of para-hydroxylation sites is 1. The van der Waals surface area contributed by atoms with Gasteiger partial charge in [-0.3, -0.25) is 62.4 Å². The van der Waals surface area contributed by atoms with Crippen LogP contribution in [0.1, 0.15) is 123 Å². The van der Waals surface area contributed by atoms with E-state index in [4.69, 9.17) is 4.74 Å². The van der Waals surface area contributed by atoms with Gasteiger partial charge in [0.25, 0.3) is 0 Å². The Labute approximate surface area is 604 Å². The predicted octanol–water partition coefficient (Wildman–Crippen LogP) is 4.24. The number of nitrogens with one attached hydrogen (secondary N) is 4. The van der Waals surface area contributed by atoms with Crippen molar-refractivity contribution < 1.29 is 62.3 Å². The lowest BCUT2D eigenvalue weighted by molar-refractivity contribution is -0.156. The second kappa shape index (κ2) is 37.1. The quantitative estimate of drug-likeness (QED) is 0.164. The average molecular weight is 1500 g/mol. The number of aryl methyl sites for hydroxylation is 1. The lowest BCUT2D eigenvalue weighted by atomic mass is 9.93. The fourth-order valence-electron chi connectivity index (χ4n) is 12.7. The number of rotatable bonds is 14. The summed E-state index contributed by atoms with van der Waals surface area (Å²) < 4.78 is 6.97. The number of likely N-dealkylation sites (N-methyl/N-ethyl adjacent to an activating group) is 6. The number of fused-ring (bicyclic) bond motifs is 1. The maximum Gasteiger partial charge on any atom is 0.249 e. The fraction of sp³-hybridized carbons (Fsp3) is 0.595. The standard InChI is InChI=1S/C74H107IN12O13/c1-16-49(7)65-61(88)42-80(10)44-64(91)87-35-32-57(87)71(97)84(14)59(40-50-30-28-48(6)29-31-50)70(96)81(11)43-62(89)76-54(39-51-24-23-25-52(75)38-51)66(92)77-56(45-100-53-26-19-17-20-27-53)69(95)85(15)74(8,9)73(99)78-55(36-46(2)3)68(94)83(13)60(72(98)86-33-21-18-22-34-86)41-63(90)82(12)58(37-47(4)5)67(93)79-65/h17,19-20,23-31,38,46-47,49,54-60,65H,16,18,21-22,32-37,39-45H2,1-15H3,(H,76,89)(H,77,92)(H,78,99)(H,79,93)/t49-,54-,55-,56-,57-,58-,59-,60-,65-/m0/s1. The first-order valence-corrected chi connectivity index (χ1v) is 36.0. The molecule has 26 heteroatoms. The zero-order valence-corrected chi connectivity index (χ0v) is 63.3. The van der Waals surface area contributed by atoms with Crippen molar-refractivity contribution in [3.63, 3.8) is 0 Å². The number of Topliss-reactive ketones (excluding diaryl/α,β-unsaturated/α-hetero) is 1. The van der Waals surface area contributed by atoms with E-state index in [1.807, 2.05) is 84.9 Å². The minimum Gasteiger partial charge on any atom is -0.491 e. The van der Waals surface area contributed by atoms with E-state index < -0.39 is 150 Å².